The molecule has 1 saturated heterocycles. The van der Waals surface area contributed by atoms with Gasteiger partial charge in [0, 0.05) is 29.4 Å². The lowest BCUT2D eigenvalue weighted by molar-refractivity contribution is -0.00778. The van der Waals surface area contributed by atoms with Crippen LogP contribution in [0.15, 0.2) is 33.6 Å². The summed E-state index contributed by atoms with van der Waals surface area (Å²) >= 11 is 0. The van der Waals surface area contributed by atoms with Crippen LogP contribution in [0, 0.1) is 5.82 Å². The van der Waals surface area contributed by atoms with Gasteiger partial charge in [-0.1, -0.05) is 0 Å². The second-order valence-electron chi connectivity index (χ2n) is 9.74. The molecule has 0 spiro atoms. The van der Waals surface area contributed by atoms with Crippen molar-refractivity contribution < 1.29 is 8.81 Å². The van der Waals surface area contributed by atoms with Crippen LogP contribution in [0.2, 0.25) is 0 Å². The molecule has 0 unspecified atom stereocenters. The zero-order chi connectivity index (χ0) is 23.3. The number of nitrogens with zero attached hydrogens (tertiary/aromatic N) is 4. The van der Waals surface area contributed by atoms with Crippen LogP contribution in [0.25, 0.3) is 11.1 Å². The van der Waals surface area contributed by atoms with Crippen LogP contribution in [0.3, 0.4) is 0 Å². The molecule has 0 aliphatic carbocycles. The zero-order valence-corrected chi connectivity index (χ0v) is 19.5. The highest BCUT2D eigenvalue weighted by Crippen LogP contribution is 2.38. The number of hydrogen-bond donors (Lipinski definition) is 2. The Kier molecular flexibility index (Phi) is 5.48. The third-order valence-corrected chi connectivity index (χ3v) is 6.63. The second-order valence-corrected chi connectivity index (χ2v) is 9.74. The topological polar surface area (TPSA) is 88.2 Å². The molecule has 9 heteroatoms. The number of likely N-dealkylation sites (tertiary alicyclic amines) is 1. The fraction of sp³-hybridized carbons (Fsp3) is 0.522. The van der Waals surface area contributed by atoms with E-state index in [9.17, 15) is 9.18 Å². The fourth-order valence-electron chi connectivity index (χ4n) is 4.76. The standard InChI is InChI=1S/C23H31FN6O2/c1-7-30-17-10-14(8-9-18(17)32-21(30)31)27-20-25-13-16(24)19(28-20)26-15-11-22(2,3)29(6)23(4,5)12-15/h8-10,13,15H,7,11-12H2,1-6H3,(H2,25,26,27,28). The van der Waals surface area contributed by atoms with Gasteiger partial charge < -0.3 is 15.1 Å². The van der Waals surface area contributed by atoms with Crippen molar-refractivity contribution in [3.63, 3.8) is 0 Å². The smallest absolute Gasteiger partial charge is 0.408 e. The summed E-state index contributed by atoms with van der Waals surface area (Å²) in [6.07, 6.45) is 2.90. The first-order valence-electron chi connectivity index (χ1n) is 10.9. The Bertz CT molecular complexity index is 1180. The number of fused-ring (bicyclic) bond motifs is 1. The third kappa shape index (κ3) is 4.09. The van der Waals surface area contributed by atoms with Gasteiger partial charge in [-0.3, -0.25) is 9.47 Å². The summed E-state index contributed by atoms with van der Waals surface area (Å²) in [6.45, 7) is 11.2. The molecule has 32 heavy (non-hydrogen) atoms. The summed E-state index contributed by atoms with van der Waals surface area (Å²) in [4.78, 5) is 22.8. The summed E-state index contributed by atoms with van der Waals surface area (Å²) in [5, 5.41) is 6.41. The van der Waals surface area contributed by atoms with Crippen LogP contribution in [0.5, 0.6) is 0 Å². The third-order valence-electron chi connectivity index (χ3n) is 6.63. The Morgan fingerprint density at radius 3 is 2.56 bits per heavy atom. The van der Waals surface area contributed by atoms with Crippen LogP contribution >= 0.6 is 0 Å². The summed E-state index contributed by atoms with van der Waals surface area (Å²) in [5.74, 6) is -0.435. The van der Waals surface area contributed by atoms with Crippen molar-refractivity contribution in [2.45, 2.75) is 71.1 Å². The van der Waals surface area contributed by atoms with Crippen molar-refractivity contribution in [1.29, 1.82) is 0 Å². The highest BCUT2D eigenvalue weighted by molar-refractivity contribution is 5.78. The highest BCUT2D eigenvalue weighted by atomic mass is 19.1. The van der Waals surface area contributed by atoms with Gasteiger partial charge in [0.1, 0.15) is 0 Å². The maximum Gasteiger partial charge on any atom is 0.419 e. The molecule has 2 N–H and O–H groups in total. The number of nitrogens with one attached hydrogen (secondary N) is 2. The lowest BCUT2D eigenvalue weighted by Crippen LogP contribution is -2.61. The minimum Gasteiger partial charge on any atom is -0.408 e. The SMILES string of the molecule is CCn1c(=O)oc2ccc(Nc3ncc(F)c(NC4CC(C)(C)N(C)C(C)(C)C4)n3)cc21. The van der Waals surface area contributed by atoms with E-state index < -0.39 is 11.6 Å². The Hall–Kier alpha value is -2.94. The quantitative estimate of drug-likeness (QED) is 0.607. The number of aryl methyl sites for hydroxylation is 1. The van der Waals surface area contributed by atoms with Gasteiger partial charge in [0.25, 0.3) is 0 Å². The minimum absolute atomic E-state index is 0.0287. The molecule has 0 radical (unpaired) electrons. The highest BCUT2D eigenvalue weighted by Gasteiger charge is 2.43. The fourth-order valence-corrected chi connectivity index (χ4v) is 4.76. The lowest BCUT2D eigenvalue weighted by Gasteiger charge is -2.53. The van der Waals surface area contributed by atoms with Crippen molar-refractivity contribution in [2.75, 3.05) is 17.7 Å². The first-order chi connectivity index (χ1) is 15.0. The Balaban J connectivity index is 1.57. The number of oxazole rings is 1. The van der Waals surface area contributed by atoms with Crippen LogP contribution in [0.4, 0.5) is 21.8 Å². The molecule has 0 bridgehead atoms. The number of aromatic nitrogens is 3. The lowest BCUT2D eigenvalue weighted by atomic mass is 9.77. The number of hydrogen-bond acceptors (Lipinski definition) is 7. The Morgan fingerprint density at radius 2 is 1.91 bits per heavy atom. The van der Waals surface area contributed by atoms with Crippen LogP contribution < -0.4 is 16.4 Å². The predicted molar refractivity (Wildman–Crippen MR) is 124 cm³/mol. The molecule has 1 aliphatic rings. The van der Waals surface area contributed by atoms with Crippen molar-refractivity contribution in [3.05, 3.63) is 40.8 Å². The van der Waals surface area contributed by atoms with Gasteiger partial charge in [0.05, 0.1) is 11.7 Å². The first-order valence-corrected chi connectivity index (χ1v) is 10.9. The molecular weight excluding hydrogens is 411 g/mol. The van der Waals surface area contributed by atoms with Crippen molar-refractivity contribution in [2.24, 2.45) is 0 Å². The molecule has 2 aromatic heterocycles. The zero-order valence-electron chi connectivity index (χ0n) is 19.5. The maximum absolute atomic E-state index is 14.6. The number of rotatable bonds is 5. The molecule has 3 heterocycles. The second kappa shape index (κ2) is 7.88. The van der Waals surface area contributed by atoms with Gasteiger partial charge in [0.15, 0.2) is 17.2 Å². The van der Waals surface area contributed by atoms with Gasteiger partial charge in [-0.05, 0) is 72.7 Å². The molecule has 4 rings (SSSR count). The van der Waals surface area contributed by atoms with E-state index in [0.717, 1.165) is 12.8 Å². The van der Waals surface area contributed by atoms with E-state index in [1.54, 1.807) is 22.8 Å². The molecule has 8 nitrogen and oxygen atoms in total. The summed E-state index contributed by atoms with van der Waals surface area (Å²) in [6, 6.07) is 5.37. The van der Waals surface area contributed by atoms with Gasteiger partial charge in [-0.2, -0.15) is 4.98 Å². The van der Waals surface area contributed by atoms with Crippen LogP contribution in [-0.2, 0) is 6.54 Å². The molecule has 0 amide bonds. The number of anilines is 3. The molecule has 1 aliphatic heterocycles. The molecule has 3 aromatic rings. The van der Waals surface area contributed by atoms with E-state index >= 15 is 0 Å². The van der Waals surface area contributed by atoms with E-state index in [4.69, 9.17) is 4.42 Å². The number of piperidine rings is 1. The molecule has 0 saturated carbocycles. The average Bonchev–Trinajstić information content (AvgIpc) is 3.02. The Morgan fingerprint density at radius 1 is 1.22 bits per heavy atom. The predicted octanol–water partition coefficient (Wildman–Crippen LogP) is 4.35. The van der Waals surface area contributed by atoms with Crippen molar-refractivity contribution in [1.82, 2.24) is 19.4 Å². The largest absolute Gasteiger partial charge is 0.419 e. The van der Waals surface area contributed by atoms with Gasteiger partial charge in [0.2, 0.25) is 5.95 Å². The Labute approximate surface area is 186 Å². The number of benzene rings is 1. The summed E-state index contributed by atoms with van der Waals surface area (Å²) in [7, 11) is 2.14. The van der Waals surface area contributed by atoms with E-state index in [1.165, 1.54) is 6.20 Å². The van der Waals surface area contributed by atoms with Gasteiger partial charge >= 0.3 is 5.76 Å². The molecule has 1 fully saturated rings. The molecular formula is C23H31FN6O2. The van der Waals surface area contributed by atoms with E-state index in [1.807, 2.05) is 6.92 Å². The average molecular weight is 443 g/mol. The number of halogens is 1. The summed E-state index contributed by atoms with van der Waals surface area (Å²) < 4.78 is 21.3. The first kappa shape index (κ1) is 22.3. The van der Waals surface area contributed by atoms with E-state index in [0.29, 0.717) is 23.3 Å². The summed E-state index contributed by atoms with van der Waals surface area (Å²) in [5.41, 5.74) is 1.81. The monoisotopic (exact) mass is 442 g/mol. The van der Waals surface area contributed by atoms with Crippen molar-refractivity contribution in [3.8, 4) is 0 Å². The minimum atomic E-state index is -0.491. The molecule has 0 atom stereocenters. The molecule has 1 aromatic carbocycles. The van der Waals surface area contributed by atoms with Gasteiger partial charge in [-0.25, -0.2) is 14.2 Å². The van der Waals surface area contributed by atoms with E-state index in [2.05, 4.69) is 60.2 Å². The van der Waals surface area contributed by atoms with Crippen LogP contribution in [-0.4, -0.2) is 43.6 Å². The van der Waals surface area contributed by atoms with E-state index in [-0.39, 0.29) is 28.9 Å². The van der Waals surface area contributed by atoms with Gasteiger partial charge in [-0.15, -0.1) is 0 Å². The normalized spacial score (nSPS) is 18.7. The maximum atomic E-state index is 14.6. The van der Waals surface area contributed by atoms with Crippen LogP contribution in [0.1, 0.15) is 47.5 Å². The van der Waals surface area contributed by atoms with Crippen molar-refractivity contribution >= 4 is 28.6 Å². The molecule has 172 valence electrons.